The standard InChI is InChI=1S/C14H21FN2O3S/c1-11-13(15)8-12(10-16-2)9-14(11)21(18,19)17-4-3-6-20-7-5-17/h8-9,16H,3-7,10H2,1-2H3. The second-order valence-corrected chi connectivity index (χ2v) is 7.01. The van der Waals surface area contributed by atoms with E-state index in [2.05, 4.69) is 5.32 Å². The third-order valence-corrected chi connectivity index (χ3v) is 5.56. The van der Waals surface area contributed by atoms with E-state index in [1.807, 2.05) is 0 Å². The zero-order valence-electron chi connectivity index (χ0n) is 12.4. The molecule has 0 aromatic heterocycles. The average Bonchev–Trinajstić information content (AvgIpc) is 2.72. The summed E-state index contributed by atoms with van der Waals surface area (Å²) in [5, 5.41) is 2.90. The van der Waals surface area contributed by atoms with E-state index in [4.69, 9.17) is 4.74 Å². The van der Waals surface area contributed by atoms with Gasteiger partial charge in [0.1, 0.15) is 5.82 Å². The molecule has 0 saturated carbocycles. The van der Waals surface area contributed by atoms with E-state index < -0.39 is 15.8 Å². The van der Waals surface area contributed by atoms with E-state index in [0.29, 0.717) is 44.8 Å². The second-order valence-electron chi connectivity index (χ2n) is 5.10. The minimum atomic E-state index is -3.69. The molecule has 0 atom stereocenters. The zero-order valence-corrected chi connectivity index (χ0v) is 13.2. The maximum Gasteiger partial charge on any atom is 0.243 e. The molecule has 118 valence electrons. The largest absolute Gasteiger partial charge is 0.380 e. The normalized spacial score (nSPS) is 17.7. The van der Waals surface area contributed by atoms with Crippen molar-refractivity contribution in [2.45, 2.75) is 24.8 Å². The van der Waals surface area contributed by atoms with Gasteiger partial charge in [0.2, 0.25) is 10.0 Å². The van der Waals surface area contributed by atoms with Gasteiger partial charge in [0.25, 0.3) is 0 Å². The van der Waals surface area contributed by atoms with E-state index in [1.54, 1.807) is 13.1 Å². The molecular weight excluding hydrogens is 295 g/mol. The van der Waals surface area contributed by atoms with Crippen molar-refractivity contribution in [2.75, 3.05) is 33.4 Å². The van der Waals surface area contributed by atoms with Crippen LogP contribution in [-0.2, 0) is 21.3 Å². The first-order chi connectivity index (χ1) is 9.96. The summed E-state index contributed by atoms with van der Waals surface area (Å²) in [6.45, 7) is 3.55. The van der Waals surface area contributed by atoms with Crippen molar-refractivity contribution in [3.8, 4) is 0 Å². The molecule has 1 fully saturated rings. The van der Waals surface area contributed by atoms with E-state index in [9.17, 15) is 12.8 Å². The van der Waals surface area contributed by atoms with Gasteiger partial charge < -0.3 is 10.1 Å². The van der Waals surface area contributed by atoms with Gasteiger partial charge in [-0.15, -0.1) is 0 Å². The molecule has 0 spiro atoms. The molecule has 0 amide bonds. The van der Waals surface area contributed by atoms with Crippen LogP contribution in [0.5, 0.6) is 0 Å². The van der Waals surface area contributed by atoms with Crippen LogP contribution in [0.2, 0.25) is 0 Å². The summed E-state index contributed by atoms with van der Waals surface area (Å²) in [5.41, 5.74) is 0.783. The molecule has 5 nitrogen and oxygen atoms in total. The Morgan fingerprint density at radius 2 is 2.10 bits per heavy atom. The Labute approximate surface area is 125 Å². The Bertz CT molecular complexity index is 596. The van der Waals surface area contributed by atoms with E-state index in [-0.39, 0.29) is 10.5 Å². The molecule has 2 rings (SSSR count). The molecule has 1 heterocycles. The minimum absolute atomic E-state index is 0.0506. The average molecular weight is 316 g/mol. The third kappa shape index (κ3) is 3.60. The molecule has 1 N–H and O–H groups in total. The van der Waals surface area contributed by atoms with Crippen LogP contribution in [0, 0.1) is 12.7 Å². The maximum atomic E-state index is 14.0. The molecule has 21 heavy (non-hydrogen) atoms. The highest BCUT2D eigenvalue weighted by molar-refractivity contribution is 7.89. The van der Waals surface area contributed by atoms with E-state index >= 15 is 0 Å². The number of nitrogens with zero attached hydrogens (tertiary/aromatic N) is 1. The molecule has 7 heteroatoms. The SMILES string of the molecule is CNCc1cc(F)c(C)c(S(=O)(=O)N2CCCOCC2)c1. The van der Waals surface area contributed by atoms with Crippen molar-refractivity contribution in [1.29, 1.82) is 0 Å². The molecule has 1 saturated heterocycles. The zero-order chi connectivity index (χ0) is 15.5. The van der Waals surface area contributed by atoms with Crippen molar-refractivity contribution in [3.63, 3.8) is 0 Å². The smallest absolute Gasteiger partial charge is 0.243 e. The fraction of sp³-hybridized carbons (Fsp3) is 0.571. The molecular formula is C14H21FN2O3S. The third-order valence-electron chi connectivity index (χ3n) is 3.54. The van der Waals surface area contributed by atoms with Gasteiger partial charge in [0.05, 0.1) is 11.5 Å². The van der Waals surface area contributed by atoms with Gasteiger partial charge in [-0.3, -0.25) is 0 Å². The van der Waals surface area contributed by atoms with Crippen molar-refractivity contribution in [3.05, 3.63) is 29.1 Å². The summed E-state index contributed by atoms with van der Waals surface area (Å²) in [6.07, 6.45) is 0.650. The van der Waals surface area contributed by atoms with Gasteiger partial charge in [-0.2, -0.15) is 4.31 Å². The van der Waals surface area contributed by atoms with E-state index in [0.717, 1.165) is 0 Å². The Hall–Kier alpha value is -1.02. The minimum Gasteiger partial charge on any atom is -0.380 e. The van der Waals surface area contributed by atoms with Crippen molar-refractivity contribution in [1.82, 2.24) is 9.62 Å². The van der Waals surface area contributed by atoms with Crippen LogP contribution in [0.1, 0.15) is 17.5 Å². The Kier molecular flexibility index (Phi) is 5.32. The first-order valence-electron chi connectivity index (χ1n) is 6.98. The van der Waals surface area contributed by atoms with Crippen molar-refractivity contribution >= 4 is 10.0 Å². The monoisotopic (exact) mass is 316 g/mol. The van der Waals surface area contributed by atoms with E-state index in [1.165, 1.54) is 17.3 Å². The summed E-state index contributed by atoms with van der Waals surface area (Å²) in [5.74, 6) is -0.493. The molecule has 0 unspecified atom stereocenters. The van der Waals surface area contributed by atoms with Crippen molar-refractivity contribution in [2.24, 2.45) is 0 Å². The first kappa shape index (κ1) is 16.4. The number of rotatable bonds is 4. The van der Waals surface area contributed by atoms with Gasteiger partial charge in [0.15, 0.2) is 0 Å². The highest BCUT2D eigenvalue weighted by Crippen LogP contribution is 2.24. The molecule has 1 aromatic rings. The van der Waals surface area contributed by atoms with Gasteiger partial charge in [-0.1, -0.05) is 0 Å². The van der Waals surface area contributed by atoms with Gasteiger partial charge in [0, 0.05) is 31.8 Å². The molecule has 0 bridgehead atoms. The summed E-state index contributed by atoms with van der Waals surface area (Å²) >= 11 is 0. The quantitative estimate of drug-likeness (QED) is 0.909. The summed E-state index contributed by atoms with van der Waals surface area (Å²) in [7, 11) is -1.96. The Morgan fingerprint density at radius 1 is 1.33 bits per heavy atom. The number of halogens is 1. The summed E-state index contributed by atoms with van der Waals surface area (Å²) in [6, 6.07) is 2.92. The fourth-order valence-corrected chi connectivity index (χ4v) is 4.13. The van der Waals surface area contributed by atoms with Gasteiger partial charge in [-0.25, -0.2) is 12.8 Å². The highest BCUT2D eigenvalue weighted by atomic mass is 32.2. The van der Waals surface area contributed by atoms with Crippen molar-refractivity contribution < 1.29 is 17.5 Å². The lowest BCUT2D eigenvalue weighted by molar-refractivity contribution is 0.148. The number of benzene rings is 1. The highest BCUT2D eigenvalue weighted by Gasteiger charge is 2.28. The first-order valence-corrected chi connectivity index (χ1v) is 8.42. The molecule has 0 aliphatic carbocycles. The summed E-state index contributed by atoms with van der Waals surface area (Å²) < 4.78 is 46.2. The number of ether oxygens (including phenoxy) is 1. The lowest BCUT2D eigenvalue weighted by Crippen LogP contribution is -2.34. The molecule has 0 radical (unpaired) electrons. The fourth-order valence-electron chi connectivity index (χ4n) is 2.38. The van der Waals surface area contributed by atoms with Crippen LogP contribution in [0.15, 0.2) is 17.0 Å². The maximum absolute atomic E-state index is 14.0. The van der Waals surface area contributed by atoms with Gasteiger partial charge in [-0.05, 0) is 38.1 Å². The number of hydrogen-bond donors (Lipinski definition) is 1. The number of hydrogen-bond acceptors (Lipinski definition) is 4. The predicted octanol–water partition coefficient (Wildman–Crippen LogP) is 1.26. The Balaban J connectivity index is 2.42. The predicted molar refractivity (Wildman–Crippen MR) is 78.1 cm³/mol. The van der Waals surface area contributed by atoms with Crippen LogP contribution < -0.4 is 5.32 Å². The molecule has 1 aromatic carbocycles. The molecule has 1 aliphatic rings. The van der Waals surface area contributed by atoms with Crippen LogP contribution in [-0.4, -0.2) is 46.1 Å². The summed E-state index contributed by atoms with van der Waals surface area (Å²) in [4.78, 5) is 0.0506. The van der Waals surface area contributed by atoms with Crippen LogP contribution >= 0.6 is 0 Å². The molecule has 1 aliphatic heterocycles. The van der Waals surface area contributed by atoms with Crippen LogP contribution in [0.4, 0.5) is 4.39 Å². The topological polar surface area (TPSA) is 58.6 Å². The number of sulfonamides is 1. The second kappa shape index (κ2) is 6.83. The van der Waals surface area contributed by atoms with Gasteiger partial charge >= 0.3 is 0 Å². The Morgan fingerprint density at radius 3 is 2.81 bits per heavy atom. The van der Waals surface area contributed by atoms with Crippen LogP contribution in [0.25, 0.3) is 0 Å². The lowest BCUT2D eigenvalue weighted by atomic mass is 10.1. The lowest BCUT2D eigenvalue weighted by Gasteiger charge is -2.21. The van der Waals surface area contributed by atoms with Crippen LogP contribution in [0.3, 0.4) is 0 Å². The number of nitrogens with one attached hydrogen (secondary N) is 1.